The van der Waals surface area contributed by atoms with Gasteiger partial charge in [0, 0.05) is 23.1 Å². The number of carbonyl (C=O) groups is 1. The number of anilines is 4. The van der Waals surface area contributed by atoms with Gasteiger partial charge in [0.05, 0.1) is 17.2 Å². The van der Waals surface area contributed by atoms with Gasteiger partial charge in [0.15, 0.2) is 0 Å². The first kappa shape index (κ1) is 16.9. The second-order valence-electron chi connectivity index (χ2n) is 5.54. The molecule has 0 bridgehead atoms. The molecule has 0 aliphatic heterocycles. The van der Waals surface area contributed by atoms with Crippen LogP contribution in [-0.2, 0) is 0 Å². The van der Waals surface area contributed by atoms with Crippen molar-refractivity contribution < 1.29 is 9.90 Å². The fourth-order valence-corrected chi connectivity index (χ4v) is 2.29. The first-order valence-electron chi connectivity index (χ1n) is 7.77. The van der Waals surface area contributed by atoms with E-state index in [0.717, 1.165) is 17.1 Å². The Hall–Kier alpha value is -3.92. The molecule has 0 saturated heterocycles. The van der Waals surface area contributed by atoms with E-state index in [4.69, 9.17) is 10.4 Å². The summed E-state index contributed by atoms with van der Waals surface area (Å²) in [6.07, 6.45) is 0. The summed E-state index contributed by atoms with van der Waals surface area (Å²) in [5, 5.41) is 24.0. The van der Waals surface area contributed by atoms with Gasteiger partial charge in [0.1, 0.15) is 5.82 Å². The van der Waals surface area contributed by atoms with Crippen LogP contribution in [0.25, 0.3) is 0 Å². The minimum absolute atomic E-state index is 0.220. The van der Waals surface area contributed by atoms with Crippen molar-refractivity contribution >= 4 is 29.1 Å². The maximum Gasteiger partial charge on any atom is 0.335 e. The Bertz CT molecular complexity index is 976. The largest absolute Gasteiger partial charge is 0.478 e. The van der Waals surface area contributed by atoms with Crippen molar-refractivity contribution in [2.45, 2.75) is 6.92 Å². The monoisotopic (exact) mass is 345 g/mol. The highest BCUT2D eigenvalue weighted by atomic mass is 16.4. The van der Waals surface area contributed by atoms with Crippen LogP contribution in [0.1, 0.15) is 21.6 Å². The lowest BCUT2D eigenvalue weighted by Crippen LogP contribution is -2.03. The number of carboxylic acid groups (broad SMARTS) is 1. The van der Waals surface area contributed by atoms with Crippen molar-refractivity contribution in [3.8, 4) is 6.07 Å². The number of benzene rings is 2. The molecule has 0 radical (unpaired) electrons. The van der Waals surface area contributed by atoms with Crippen molar-refractivity contribution in [2.24, 2.45) is 0 Å². The number of aromatic carboxylic acids is 1. The standard InChI is InChI=1S/C19H15N5O2/c1-12-10-17(22-15-8-4-14(5-9-15)18(25)26)24-19(21-12)23-16-6-2-13(11-20)3-7-16/h2-10H,1H3,(H,25,26)(H2,21,22,23,24). The predicted molar refractivity (Wildman–Crippen MR) is 97.9 cm³/mol. The Morgan fingerprint density at radius 2 is 1.62 bits per heavy atom. The molecule has 0 unspecified atom stereocenters. The molecule has 0 atom stereocenters. The number of nitrogens with one attached hydrogen (secondary N) is 2. The van der Waals surface area contributed by atoms with Crippen LogP contribution in [0.4, 0.5) is 23.1 Å². The van der Waals surface area contributed by atoms with Crippen molar-refractivity contribution in [3.63, 3.8) is 0 Å². The number of carboxylic acids is 1. The first-order valence-corrected chi connectivity index (χ1v) is 7.77. The van der Waals surface area contributed by atoms with E-state index in [-0.39, 0.29) is 5.56 Å². The summed E-state index contributed by atoms with van der Waals surface area (Å²) in [5.41, 5.74) is 3.05. The third-order valence-electron chi connectivity index (χ3n) is 3.53. The molecular weight excluding hydrogens is 330 g/mol. The van der Waals surface area contributed by atoms with Crippen molar-refractivity contribution in [1.29, 1.82) is 5.26 Å². The second-order valence-corrected chi connectivity index (χ2v) is 5.54. The van der Waals surface area contributed by atoms with Crippen LogP contribution in [0.3, 0.4) is 0 Å². The highest BCUT2D eigenvalue weighted by Crippen LogP contribution is 2.20. The topological polar surface area (TPSA) is 111 Å². The summed E-state index contributed by atoms with van der Waals surface area (Å²) in [6, 6.07) is 17.2. The van der Waals surface area contributed by atoms with E-state index >= 15 is 0 Å². The van der Waals surface area contributed by atoms with Gasteiger partial charge >= 0.3 is 5.97 Å². The molecule has 3 aromatic rings. The van der Waals surface area contributed by atoms with Crippen LogP contribution in [-0.4, -0.2) is 21.0 Å². The number of hydrogen-bond acceptors (Lipinski definition) is 6. The molecule has 0 spiro atoms. The number of aromatic nitrogens is 2. The summed E-state index contributed by atoms with van der Waals surface area (Å²) in [4.78, 5) is 19.7. The van der Waals surface area contributed by atoms with Gasteiger partial charge in [-0.15, -0.1) is 0 Å². The van der Waals surface area contributed by atoms with E-state index < -0.39 is 5.97 Å². The third kappa shape index (κ3) is 4.13. The minimum Gasteiger partial charge on any atom is -0.478 e. The molecule has 0 saturated carbocycles. The molecular formula is C19H15N5O2. The summed E-state index contributed by atoms with van der Waals surface area (Å²) in [6.45, 7) is 1.85. The fourth-order valence-electron chi connectivity index (χ4n) is 2.29. The zero-order valence-corrected chi connectivity index (χ0v) is 13.9. The molecule has 7 nitrogen and oxygen atoms in total. The van der Waals surface area contributed by atoms with E-state index in [9.17, 15) is 4.79 Å². The van der Waals surface area contributed by atoms with Gasteiger partial charge in [-0.2, -0.15) is 10.2 Å². The molecule has 1 heterocycles. The predicted octanol–water partition coefficient (Wildman–Crippen LogP) is 3.84. The maximum absolute atomic E-state index is 10.9. The second kappa shape index (κ2) is 7.32. The smallest absolute Gasteiger partial charge is 0.335 e. The SMILES string of the molecule is Cc1cc(Nc2ccc(C(=O)O)cc2)nc(Nc2ccc(C#N)cc2)n1. The van der Waals surface area contributed by atoms with Gasteiger partial charge in [-0.25, -0.2) is 9.78 Å². The Morgan fingerprint density at radius 3 is 2.23 bits per heavy atom. The average molecular weight is 345 g/mol. The molecule has 3 N–H and O–H groups in total. The molecule has 1 aromatic heterocycles. The summed E-state index contributed by atoms with van der Waals surface area (Å²) in [5.74, 6) is 0.0272. The van der Waals surface area contributed by atoms with E-state index in [1.54, 1.807) is 42.5 Å². The van der Waals surface area contributed by atoms with E-state index in [1.807, 2.05) is 6.92 Å². The Morgan fingerprint density at radius 1 is 1.00 bits per heavy atom. The van der Waals surface area contributed by atoms with Crippen LogP contribution < -0.4 is 10.6 Å². The molecule has 0 amide bonds. The van der Waals surface area contributed by atoms with Crippen LogP contribution in [0.2, 0.25) is 0 Å². The van der Waals surface area contributed by atoms with E-state index in [2.05, 4.69) is 26.7 Å². The quantitative estimate of drug-likeness (QED) is 0.644. The molecule has 26 heavy (non-hydrogen) atoms. The lowest BCUT2D eigenvalue weighted by molar-refractivity contribution is 0.0697. The minimum atomic E-state index is -0.969. The highest BCUT2D eigenvalue weighted by molar-refractivity contribution is 5.88. The number of aryl methyl sites for hydroxylation is 1. The van der Waals surface area contributed by atoms with Crippen molar-refractivity contribution in [1.82, 2.24) is 9.97 Å². The molecule has 0 fully saturated rings. The zero-order chi connectivity index (χ0) is 18.5. The van der Waals surface area contributed by atoms with Gasteiger partial charge in [-0.05, 0) is 55.5 Å². The van der Waals surface area contributed by atoms with Gasteiger partial charge in [0.2, 0.25) is 5.95 Å². The van der Waals surface area contributed by atoms with Crippen molar-refractivity contribution in [2.75, 3.05) is 10.6 Å². The summed E-state index contributed by atoms with van der Waals surface area (Å²) >= 11 is 0. The molecule has 0 aliphatic rings. The van der Waals surface area contributed by atoms with Crippen LogP contribution >= 0.6 is 0 Å². The lowest BCUT2D eigenvalue weighted by atomic mass is 10.2. The Kier molecular flexibility index (Phi) is 4.76. The summed E-state index contributed by atoms with van der Waals surface area (Å²) in [7, 11) is 0. The number of hydrogen-bond donors (Lipinski definition) is 3. The van der Waals surface area contributed by atoms with Gasteiger partial charge in [0.25, 0.3) is 0 Å². The Labute approximate surface area is 150 Å². The highest BCUT2D eigenvalue weighted by Gasteiger charge is 2.05. The molecule has 0 aliphatic carbocycles. The molecule has 3 rings (SSSR count). The van der Waals surface area contributed by atoms with Crippen LogP contribution in [0.5, 0.6) is 0 Å². The normalized spacial score (nSPS) is 10.0. The van der Waals surface area contributed by atoms with E-state index in [1.165, 1.54) is 12.1 Å². The summed E-state index contributed by atoms with van der Waals surface area (Å²) < 4.78 is 0. The van der Waals surface area contributed by atoms with Crippen molar-refractivity contribution in [3.05, 3.63) is 71.4 Å². The number of rotatable bonds is 5. The molecule has 2 aromatic carbocycles. The number of nitriles is 1. The van der Waals surface area contributed by atoms with Crippen LogP contribution in [0, 0.1) is 18.3 Å². The van der Waals surface area contributed by atoms with Crippen LogP contribution in [0.15, 0.2) is 54.6 Å². The third-order valence-corrected chi connectivity index (χ3v) is 3.53. The lowest BCUT2D eigenvalue weighted by Gasteiger charge is -2.10. The first-order chi connectivity index (χ1) is 12.5. The zero-order valence-electron chi connectivity index (χ0n) is 13.9. The van der Waals surface area contributed by atoms with Gasteiger partial charge < -0.3 is 15.7 Å². The Balaban J connectivity index is 1.78. The maximum atomic E-state index is 10.9. The fraction of sp³-hybridized carbons (Fsp3) is 0.0526. The van der Waals surface area contributed by atoms with E-state index in [0.29, 0.717) is 17.3 Å². The number of nitrogens with zero attached hydrogens (tertiary/aromatic N) is 3. The molecule has 7 heteroatoms. The van der Waals surface area contributed by atoms with Gasteiger partial charge in [-0.3, -0.25) is 0 Å². The van der Waals surface area contributed by atoms with Gasteiger partial charge in [-0.1, -0.05) is 0 Å². The molecule has 128 valence electrons. The average Bonchev–Trinajstić information content (AvgIpc) is 2.62.